The summed E-state index contributed by atoms with van der Waals surface area (Å²) in [6.07, 6.45) is 12.3. The second kappa shape index (κ2) is 13.0. The summed E-state index contributed by atoms with van der Waals surface area (Å²) in [6, 6.07) is 7.23. The molecule has 1 unspecified atom stereocenters. The van der Waals surface area contributed by atoms with Crippen molar-refractivity contribution in [1.29, 1.82) is 0 Å². The monoisotopic (exact) mass is 493 g/mol. The second-order valence-electron chi connectivity index (χ2n) is 7.72. The molecule has 0 aromatic heterocycles. The van der Waals surface area contributed by atoms with Crippen LogP contribution in [0, 0.1) is 0 Å². The van der Waals surface area contributed by atoms with E-state index < -0.39 is 6.10 Å². The number of nitrogens with one attached hydrogen (secondary N) is 3. The van der Waals surface area contributed by atoms with Crippen molar-refractivity contribution in [3.63, 3.8) is 0 Å². The molecule has 0 spiro atoms. The molecular weight excluding hydrogens is 462 g/mol. The highest BCUT2D eigenvalue weighted by Crippen LogP contribution is 2.22. The molecule has 0 heterocycles. The van der Waals surface area contributed by atoms with Crippen LogP contribution < -0.4 is 16.0 Å². The number of hydrogen-bond donors (Lipinski definition) is 3. The molecule has 36 heavy (non-hydrogen) atoms. The Morgan fingerprint density at radius 1 is 1.00 bits per heavy atom. The smallest absolute Gasteiger partial charge is 0.252 e. The minimum absolute atomic E-state index is 0.163. The highest BCUT2D eigenvalue weighted by molar-refractivity contribution is 6.04. The first-order valence-corrected chi connectivity index (χ1v) is 11.3. The molecule has 0 bridgehead atoms. The van der Waals surface area contributed by atoms with Gasteiger partial charge in [-0.3, -0.25) is 9.59 Å². The normalized spacial score (nSPS) is 17.1. The molecule has 9 nitrogen and oxygen atoms in total. The van der Waals surface area contributed by atoms with E-state index in [0.29, 0.717) is 40.5 Å². The molecule has 0 radical (unpaired) electrons. The van der Waals surface area contributed by atoms with Gasteiger partial charge in [-0.1, -0.05) is 24.3 Å². The van der Waals surface area contributed by atoms with Gasteiger partial charge in [0.25, 0.3) is 11.8 Å². The van der Waals surface area contributed by atoms with E-state index in [1.165, 1.54) is 14.2 Å². The van der Waals surface area contributed by atoms with Gasteiger partial charge in [-0.2, -0.15) is 0 Å². The first kappa shape index (κ1) is 26.4. The molecule has 0 aliphatic heterocycles. The standard InChI is InChI=1S/C27H31N3O6/c1-33-22-11-6-5-8-18(14-22)27(32)30-21-10-7-9-20(16-21)28-17-29-26(31)19-12-13-23(34-2)25(36-4)24(15-19)35-3/h5-7,9-16,23,28H,8,17H2,1-4H3,(H,29,31)(H,30,32). The Kier molecular flexibility index (Phi) is 9.53. The van der Waals surface area contributed by atoms with Gasteiger partial charge in [-0.05, 0) is 48.9 Å². The van der Waals surface area contributed by atoms with E-state index in [1.54, 1.807) is 56.7 Å². The van der Waals surface area contributed by atoms with E-state index in [4.69, 9.17) is 18.9 Å². The second-order valence-corrected chi connectivity index (χ2v) is 7.72. The van der Waals surface area contributed by atoms with Crippen LogP contribution >= 0.6 is 0 Å². The topological polar surface area (TPSA) is 107 Å². The van der Waals surface area contributed by atoms with Crippen molar-refractivity contribution >= 4 is 23.2 Å². The molecule has 1 aromatic carbocycles. The zero-order valence-corrected chi connectivity index (χ0v) is 20.8. The molecule has 1 aromatic rings. The van der Waals surface area contributed by atoms with Gasteiger partial charge in [-0.25, -0.2) is 0 Å². The molecule has 2 amide bonds. The molecule has 2 aliphatic carbocycles. The van der Waals surface area contributed by atoms with Crippen LogP contribution in [0.3, 0.4) is 0 Å². The van der Waals surface area contributed by atoms with Gasteiger partial charge in [0, 0.05) is 29.6 Å². The maximum absolute atomic E-state index is 12.7. The number of rotatable bonds is 10. The minimum Gasteiger partial charge on any atom is -0.497 e. The third kappa shape index (κ3) is 6.89. The third-order valence-corrected chi connectivity index (χ3v) is 5.43. The molecule has 3 rings (SSSR count). The fourth-order valence-corrected chi connectivity index (χ4v) is 3.55. The molecule has 0 fully saturated rings. The van der Waals surface area contributed by atoms with Crippen molar-refractivity contribution in [2.75, 3.05) is 45.7 Å². The van der Waals surface area contributed by atoms with Crippen LogP contribution in [0.15, 0.2) is 95.2 Å². The van der Waals surface area contributed by atoms with Crippen molar-refractivity contribution in [3.05, 3.63) is 95.2 Å². The van der Waals surface area contributed by atoms with E-state index in [9.17, 15) is 9.59 Å². The fourth-order valence-electron chi connectivity index (χ4n) is 3.55. The van der Waals surface area contributed by atoms with E-state index in [1.807, 2.05) is 24.3 Å². The fraction of sp³-hybridized carbons (Fsp3) is 0.259. The summed E-state index contributed by atoms with van der Waals surface area (Å²) < 4.78 is 21.4. The first-order chi connectivity index (χ1) is 17.5. The summed E-state index contributed by atoms with van der Waals surface area (Å²) in [7, 11) is 6.13. The van der Waals surface area contributed by atoms with Crippen LogP contribution in [-0.4, -0.2) is 53.0 Å². The summed E-state index contributed by atoms with van der Waals surface area (Å²) in [4.78, 5) is 25.5. The molecule has 0 saturated carbocycles. The molecule has 3 N–H and O–H groups in total. The van der Waals surface area contributed by atoms with Gasteiger partial charge in [-0.15, -0.1) is 0 Å². The van der Waals surface area contributed by atoms with Gasteiger partial charge >= 0.3 is 0 Å². The number of carbonyl (C=O) groups is 2. The van der Waals surface area contributed by atoms with Crippen LogP contribution in [0.4, 0.5) is 11.4 Å². The summed E-state index contributed by atoms with van der Waals surface area (Å²) in [5, 5.41) is 8.85. The Morgan fingerprint density at radius 3 is 2.53 bits per heavy atom. The SMILES string of the molecule is COC1=CC=CCC(C(=O)Nc2cccc(NCNC(=O)C3=CC(OC)=C(OC)C(OC)C=C3)c2)=C1. The van der Waals surface area contributed by atoms with Crippen LogP contribution in [-0.2, 0) is 28.5 Å². The van der Waals surface area contributed by atoms with E-state index in [2.05, 4.69) is 16.0 Å². The maximum atomic E-state index is 12.7. The van der Waals surface area contributed by atoms with E-state index in [-0.39, 0.29) is 18.5 Å². The van der Waals surface area contributed by atoms with Crippen LogP contribution in [0.25, 0.3) is 0 Å². The van der Waals surface area contributed by atoms with Crippen molar-refractivity contribution in [2.45, 2.75) is 12.5 Å². The lowest BCUT2D eigenvalue weighted by atomic mass is 10.1. The Bertz CT molecular complexity index is 1160. The predicted molar refractivity (Wildman–Crippen MR) is 138 cm³/mol. The van der Waals surface area contributed by atoms with Gasteiger partial charge in [0.05, 0.1) is 28.0 Å². The zero-order valence-electron chi connectivity index (χ0n) is 20.8. The van der Waals surface area contributed by atoms with Crippen LogP contribution in [0.1, 0.15) is 6.42 Å². The molecular formula is C27H31N3O6. The van der Waals surface area contributed by atoms with Crippen molar-refractivity contribution in [3.8, 4) is 0 Å². The lowest BCUT2D eigenvalue weighted by molar-refractivity contribution is -0.117. The number of benzene rings is 1. The first-order valence-electron chi connectivity index (χ1n) is 11.3. The lowest BCUT2D eigenvalue weighted by Gasteiger charge is -2.15. The van der Waals surface area contributed by atoms with Crippen LogP contribution in [0.5, 0.6) is 0 Å². The van der Waals surface area contributed by atoms with Gasteiger partial charge in [0.2, 0.25) is 0 Å². The Hall–Kier alpha value is -4.24. The van der Waals surface area contributed by atoms with Crippen molar-refractivity contribution < 1.29 is 28.5 Å². The number of amides is 2. The van der Waals surface area contributed by atoms with E-state index >= 15 is 0 Å². The molecule has 190 valence electrons. The molecule has 1 atom stereocenters. The minimum atomic E-state index is -0.468. The summed E-state index contributed by atoms with van der Waals surface area (Å²) >= 11 is 0. The van der Waals surface area contributed by atoms with Gasteiger partial charge in [0.15, 0.2) is 11.5 Å². The number of anilines is 2. The third-order valence-electron chi connectivity index (χ3n) is 5.43. The molecule has 0 saturated heterocycles. The molecule has 9 heteroatoms. The van der Waals surface area contributed by atoms with Gasteiger partial charge < -0.3 is 34.9 Å². The Balaban J connectivity index is 1.60. The largest absolute Gasteiger partial charge is 0.497 e. The highest BCUT2D eigenvalue weighted by Gasteiger charge is 2.21. The van der Waals surface area contributed by atoms with E-state index in [0.717, 1.165) is 5.69 Å². The quantitative estimate of drug-likeness (QED) is 0.428. The molecule has 2 aliphatic rings. The Labute approximate surface area is 210 Å². The zero-order chi connectivity index (χ0) is 25.9. The van der Waals surface area contributed by atoms with Gasteiger partial charge in [0.1, 0.15) is 11.9 Å². The average Bonchev–Trinajstić information content (AvgIpc) is 3.25. The Morgan fingerprint density at radius 2 is 1.81 bits per heavy atom. The maximum Gasteiger partial charge on any atom is 0.252 e. The summed E-state index contributed by atoms with van der Waals surface area (Å²) in [6.45, 7) is 0.163. The van der Waals surface area contributed by atoms with Crippen molar-refractivity contribution in [2.24, 2.45) is 0 Å². The highest BCUT2D eigenvalue weighted by atomic mass is 16.5. The number of ether oxygens (including phenoxy) is 4. The van der Waals surface area contributed by atoms with Crippen molar-refractivity contribution in [1.82, 2.24) is 5.32 Å². The number of methoxy groups -OCH3 is 4. The summed E-state index contributed by atoms with van der Waals surface area (Å²) in [5.74, 6) is 0.974. The number of allylic oxidation sites excluding steroid dienone is 5. The summed E-state index contributed by atoms with van der Waals surface area (Å²) in [5.41, 5.74) is 2.32. The van der Waals surface area contributed by atoms with Crippen LogP contribution in [0.2, 0.25) is 0 Å². The number of carbonyl (C=O) groups excluding carboxylic acids is 2. The average molecular weight is 494 g/mol. The predicted octanol–water partition coefficient (Wildman–Crippen LogP) is 3.54. The lowest BCUT2D eigenvalue weighted by Crippen LogP contribution is -2.29. The number of hydrogen-bond acceptors (Lipinski definition) is 7.